The monoisotopic (exact) mass is 268 g/mol. The predicted molar refractivity (Wildman–Crippen MR) is 76.3 cm³/mol. The fraction of sp³-hybridized carbons (Fsp3) is 0.600. The van der Waals surface area contributed by atoms with Gasteiger partial charge in [0.1, 0.15) is 5.82 Å². The van der Waals surface area contributed by atoms with E-state index in [4.69, 9.17) is 10.8 Å². The van der Waals surface area contributed by atoms with Crippen LogP contribution >= 0.6 is 0 Å². The standard InChI is InChI=1S/C15H25FN2O/c1-3-8-18(9-10-19)11-12(2)15(17)13-6-4-5-7-14(13)16/h4-7,12,15,19H,3,8-11,17H2,1-2H3. The van der Waals surface area contributed by atoms with Gasteiger partial charge in [-0.3, -0.25) is 0 Å². The Morgan fingerprint density at radius 1 is 1.32 bits per heavy atom. The second-order valence-electron chi connectivity index (χ2n) is 5.05. The maximum Gasteiger partial charge on any atom is 0.127 e. The zero-order valence-electron chi connectivity index (χ0n) is 11.8. The molecule has 0 aliphatic heterocycles. The van der Waals surface area contributed by atoms with Gasteiger partial charge in [0.2, 0.25) is 0 Å². The van der Waals surface area contributed by atoms with Gasteiger partial charge in [-0.15, -0.1) is 0 Å². The topological polar surface area (TPSA) is 49.5 Å². The van der Waals surface area contributed by atoms with Crippen molar-refractivity contribution in [2.75, 3.05) is 26.2 Å². The average Bonchev–Trinajstić information content (AvgIpc) is 2.39. The molecule has 0 aliphatic rings. The molecule has 0 saturated heterocycles. The van der Waals surface area contributed by atoms with E-state index in [0.29, 0.717) is 12.1 Å². The largest absolute Gasteiger partial charge is 0.395 e. The minimum Gasteiger partial charge on any atom is -0.395 e. The highest BCUT2D eigenvalue weighted by atomic mass is 19.1. The summed E-state index contributed by atoms with van der Waals surface area (Å²) in [5, 5.41) is 9.04. The van der Waals surface area contributed by atoms with Crippen LogP contribution in [-0.4, -0.2) is 36.2 Å². The third-order valence-corrected chi connectivity index (χ3v) is 3.38. The first-order chi connectivity index (χ1) is 9.10. The van der Waals surface area contributed by atoms with Crippen LogP contribution < -0.4 is 5.73 Å². The molecule has 0 spiro atoms. The van der Waals surface area contributed by atoms with E-state index in [0.717, 1.165) is 19.5 Å². The summed E-state index contributed by atoms with van der Waals surface area (Å²) in [5.41, 5.74) is 6.72. The molecule has 3 N–H and O–H groups in total. The summed E-state index contributed by atoms with van der Waals surface area (Å²) in [6.07, 6.45) is 1.03. The normalized spacial score (nSPS) is 14.6. The molecule has 0 aliphatic carbocycles. The minimum atomic E-state index is -0.320. The minimum absolute atomic E-state index is 0.134. The second kappa shape index (κ2) is 8.25. The molecule has 1 aromatic rings. The Morgan fingerprint density at radius 3 is 2.58 bits per heavy atom. The number of benzene rings is 1. The molecule has 4 heteroatoms. The first-order valence-electron chi connectivity index (χ1n) is 6.93. The Bertz CT molecular complexity index is 367. The lowest BCUT2D eigenvalue weighted by Crippen LogP contribution is -2.36. The summed E-state index contributed by atoms with van der Waals surface area (Å²) in [7, 11) is 0. The molecule has 2 unspecified atom stereocenters. The highest BCUT2D eigenvalue weighted by molar-refractivity contribution is 5.21. The van der Waals surface area contributed by atoms with E-state index in [9.17, 15) is 4.39 Å². The number of nitrogens with zero attached hydrogens (tertiary/aromatic N) is 1. The van der Waals surface area contributed by atoms with Crippen LogP contribution in [0, 0.1) is 11.7 Å². The van der Waals surface area contributed by atoms with Crippen LogP contribution in [0.1, 0.15) is 31.9 Å². The van der Waals surface area contributed by atoms with Crippen LogP contribution in [0.5, 0.6) is 0 Å². The van der Waals surface area contributed by atoms with E-state index >= 15 is 0 Å². The molecule has 1 aromatic carbocycles. The van der Waals surface area contributed by atoms with Gasteiger partial charge in [-0.1, -0.05) is 32.0 Å². The van der Waals surface area contributed by atoms with Gasteiger partial charge in [0.25, 0.3) is 0 Å². The van der Waals surface area contributed by atoms with Crippen molar-refractivity contribution in [3.05, 3.63) is 35.6 Å². The zero-order chi connectivity index (χ0) is 14.3. The number of nitrogens with two attached hydrogens (primary N) is 1. The van der Waals surface area contributed by atoms with Crippen molar-refractivity contribution in [3.8, 4) is 0 Å². The van der Waals surface area contributed by atoms with E-state index in [1.54, 1.807) is 12.1 Å². The molecule has 19 heavy (non-hydrogen) atoms. The summed E-state index contributed by atoms with van der Waals surface area (Å²) >= 11 is 0. The van der Waals surface area contributed by atoms with Crippen LogP contribution in [0.2, 0.25) is 0 Å². The average molecular weight is 268 g/mol. The molecule has 0 bridgehead atoms. The molecule has 0 heterocycles. The lowest BCUT2D eigenvalue weighted by atomic mass is 9.94. The van der Waals surface area contributed by atoms with Gasteiger partial charge in [0.05, 0.1) is 6.61 Å². The van der Waals surface area contributed by atoms with E-state index in [-0.39, 0.29) is 24.4 Å². The third-order valence-electron chi connectivity index (χ3n) is 3.38. The first kappa shape index (κ1) is 16.1. The maximum absolute atomic E-state index is 13.7. The van der Waals surface area contributed by atoms with Gasteiger partial charge in [-0.25, -0.2) is 4.39 Å². The van der Waals surface area contributed by atoms with Gasteiger partial charge in [-0.2, -0.15) is 0 Å². The Labute approximate surface area is 115 Å². The molecule has 108 valence electrons. The molecule has 1 rings (SSSR count). The molecule has 0 aromatic heterocycles. The van der Waals surface area contributed by atoms with Gasteiger partial charge in [0.15, 0.2) is 0 Å². The fourth-order valence-electron chi connectivity index (χ4n) is 2.32. The maximum atomic E-state index is 13.7. The van der Waals surface area contributed by atoms with Crippen molar-refractivity contribution in [1.29, 1.82) is 0 Å². The quantitative estimate of drug-likeness (QED) is 0.759. The van der Waals surface area contributed by atoms with Gasteiger partial charge in [-0.05, 0) is 24.9 Å². The highest BCUT2D eigenvalue weighted by Crippen LogP contribution is 2.22. The molecule has 2 atom stereocenters. The second-order valence-corrected chi connectivity index (χ2v) is 5.05. The first-order valence-corrected chi connectivity index (χ1v) is 6.93. The number of rotatable bonds is 8. The highest BCUT2D eigenvalue weighted by Gasteiger charge is 2.20. The van der Waals surface area contributed by atoms with Crippen LogP contribution in [0.4, 0.5) is 4.39 Å². The van der Waals surface area contributed by atoms with E-state index in [1.807, 2.05) is 13.0 Å². The number of hydrogen-bond donors (Lipinski definition) is 2. The van der Waals surface area contributed by atoms with Crippen molar-refractivity contribution < 1.29 is 9.50 Å². The Kier molecular flexibility index (Phi) is 6.99. The van der Waals surface area contributed by atoms with Crippen molar-refractivity contribution in [3.63, 3.8) is 0 Å². The van der Waals surface area contributed by atoms with Gasteiger partial charge >= 0.3 is 0 Å². The fourth-order valence-corrected chi connectivity index (χ4v) is 2.32. The Morgan fingerprint density at radius 2 is 2.00 bits per heavy atom. The molecular weight excluding hydrogens is 243 g/mol. The third kappa shape index (κ3) is 4.90. The van der Waals surface area contributed by atoms with Crippen LogP contribution in [0.3, 0.4) is 0 Å². The van der Waals surface area contributed by atoms with Crippen LogP contribution in [-0.2, 0) is 0 Å². The SMILES string of the molecule is CCCN(CCO)CC(C)C(N)c1ccccc1F. The van der Waals surface area contributed by atoms with Crippen molar-refractivity contribution in [2.45, 2.75) is 26.3 Å². The summed E-state index contributed by atoms with van der Waals surface area (Å²) in [6, 6.07) is 6.35. The van der Waals surface area contributed by atoms with E-state index in [2.05, 4.69) is 11.8 Å². The number of aliphatic hydroxyl groups is 1. The lowest BCUT2D eigenvalue weighted by Gasteiger charge is -2.28. The van der Waals surface area contributed by atoms with Crippen molar-refractivity contribution in [2.24, 2.45) is 11.7 Å². The molecule has 0 radical (unpaired) electrons. The molecule has 0 fully saturated rings. The van der Waals surface area contributed by atoms with Gasteiger partial charge < -0.3 is 15.7 Å². The summed E-state index contributed by atoms with van der Waals surface area (Å²) in [5.74, 6) is -0.110. The summed E-state index contributed by atoms with van der Waals surface area (Å²) in [6.45, 7) is 6.60. The van der Waals surface area contributed by atoms with E-state index < -0.39 is 0 Å². The molecular formula is C15H25FN2O. The zero-order valence-corrected chi connectivity index (χ0v) is 11.8. The van der Waals surface area contributed by atoms with Gasteiger partial charge in [0, 0.05) is 24.7 Å². The Balaban J connectivity index is 2.65. The number of aliphatic hydroxyl groups excluding tert-OH is 1. The predicted octanol–water partition coefficient (Wildman–Crippen LogP) is 2.17. The van der Waals surface area contributed by atoms with Crippen molar-refractivity contribution >= 4 is 0 Å². The molecule has 0 saturated carbocycles. The summed E-state index contributed by atoms with van der Waals surface area (Å²) in [4.78, 5) is 2.17. The Hall–Kier alpha value is -0.970. The number of hydrogen-bond acceptors (Lipinski definition) is 3. The van der Waals surface area contributed by atoms with Crippen molar-refractivity contribution in [1.82, 2.24) is 4.90 Å². The number of halogens is 1. The lowest BCUT2D eigenvalue weighted by molar-refractivity contribution is 0.171. The van der Waals surface area contributed by atoms with Crippen LogP contribution in [0.15, 0.2) is 24.3 Å². The summed E-state index contributed by atoms with van der Waals surface area (Å²) < 4.78 is 13.7. The molecule has 3 nitrogen and oxygen atoms in total. The molecule has 0 amide bonds. The van der Waals surface area contributed by atoms with Crippen LogP contribution in [0.25, 0.3) is 0 Å². The van der Waals surface area contributed by atoms with E-state index in [1.165, 1.54) is 6.07 Å². The smallest absolute Gasteiger partial charge is 0.127 e.